The van der Waals surface area contributed by atoms with Crippen molar-refractivity contribution >= 4 is 17.5 Å². The molecule has 0 bridgehead atoms. The molecule has 0 aliphatic rings. The lowest BCUT2D eigenvalue weighted by molar-refractivity contribution is -0.136. The second-order valence-corrected chi connectivity index (χ2v) is 5.81. The molecule has 2 aromatic rings. The Morgan fingerprint density at radius 1 is 1.08 bits per heavy atom. The molecule has 0 saturated heterocycles. The maximum absolute atomic E-state index is 13.6. The molecule has 2 aromatic carbocycles. The van der Waals surface area contributed by atoms with E-state index >= 15 is 0 Å². The van der Waals surface area contributed by atoms with Crippen molar-refractivity contribution in [2.45, 2.75) is 27.0 Å². The topological polar surface area (TPSA) is 67.4 Å². The van der Waals surface area contributed by atoms with Crippen LogP contribution in [0.5, 0.6) is 0 Å². The largest absolute Gasteiger partial charge is 0.380 e. The Labute approximate surface area is 146 Å². The van der Waals surface area contributed by atoms with Gasteiger partial charge >= 0.3 is 11.8 Å². The Hall–Kier alpha value is -2.73. The van der Waals surface area contributed by atoms with Gasteiger partial charge in [0.15, 0.2) is 0 Å². The maximum Gasteiger partial charge on any atom is 0.313 e. The SMILES string of the molecule is COCc1cc(CNC(=O)C(=O)Nc2cc(C)ccc2C)ccc1F. The van der Waals surface area contributed by atoms with E-state index in [0.29, 0.717) is 16.8 Å². The van der Waals surface area contributed by atoms with Crippen LogP contribution in [-0.4, -0.2) is 18.9 Å². The molecule has 0 saturated carbocycles. The molecule has 2 amide bonds. The Kier molecular flexibility index (Phi) is 6.25. The fraction of sp³-hybridized carbons (Fsp3) is 0.263. The normalized spacial score (nSPS) is 10.4. The standard InChI is InChI=1S/C19H21FN2O3/c1-12-4-5-13(2)17(8-12)22-19(24)18(23)21-10-14-6-7-16(20)15(9-14)11-25-3/h4-9H,10-11H2,1-3H3,(H,21,23)(H,22,24). The number of nitrogens with one attached hydrogen (secondary N) is 2. The van der Waals surface area contributed by atoms with Crippen LogP contribution >= 0.6 is 0 Å². The maximum atomic E-state index is 13.6. The molecule has 0 aliphatic heterocycles. The van der Waals surface area contributed by atoms with Gasteiger partial charge in [-0.3, -0.25) is 9.59 Å². The minimum atomic E-state index is -0.751. The first-order valence-electron chi connectivity index (χ1n) is 7.83. The van der Waals surface area contributed by atoms with E-state index in [4.69, 9.17) is 4.74 Å². The van der Waals surface area contributed by atoms with Crippen LogP contribution in [0.1, 0.15) is 22.3 Å². The van der Waals surface area contributed by atoms with Crippen molar-refractivity contribution in [1.82, 2.24) is 5.32 Å². The fourth-order valence-corrected chi connectivity index (χ4v) is 2.32. The number of aryl methyl sites for hydroxylation is 2. The second kappa shape index (κ2) is 8.39. The Morgan fingerprint density at radius 3 is 2.56 bits per heavy atom. The highest BCUT2D eigenvalue weighted by atomic mass is 19.1. The van der Waals surface area contributed by atoms with Gasteiger partial charge in [-0.25, -0.2) is 4.39 Å². The van der Waals surface area contributed by atoms with Crippen LogP contribution < -0.4 is 10.6 Å². The second-order valence-electron chi connectivity index (χ2n) is 5.81. The highest BCUT2D eigenvalue weighted by Crippen LogP contribution is 2.16. The molecule has 0 unspecified atom stereocenters. The van der Waals surface area contributed by atoms with E-state index in [0.717, 1.165) is 11.1 Å². The van der Waals surface area contributed by atoms with E-state index in [2.05, 4.69) is 10.6 Å². The van der Waals surface area contributed by atoms with Gasteiger partial charge in [0.2, 0.25) is 0 Å². The van der Waals surface area contributed by atoms with Crippen molar-refractivity contribution < 1.29 is 18.7 Å². The summed E-state index contributed by atoms with van der Waals surface area (Å²) >= 11 is 0. The minimum Gasteiger partial charge on any atom is -0.380 e. The summed E-state index contributed by atoms with van der Waals surface area (Å²) in [5, 5.41) is 5.12. The van der Waals surface area contributed by atoms with Crippen molar-refractivity contribution in [2.24, 2.45) is 0 Å². The molecule has 0 aromatic heterocycles. The molecule has 132 valence electrons. The number of benzene rings is 2. The third-order valence-corrected chi connectivity index (χ3v) is 3.71. The van der Waals surface area contributed by atoms with Crippen molar-refractivity contribution in [3.05, 3.63) is 64.5 Å². The number of amides is 2. The summed E-state index contributed by atoms with van der Waals surface area (Å²) in [6.45, 7) is 4.01. The van der Waals surface area contributed by atoms with Gasteiger partial charge in [-0.1, -0.05) is 18.2 Å². The van der Waals surface area contributed by atoms with Gasteiger partial charge in [0.25, 0.3) is 0 Å². The van der Waals surface area contributed by atoms with Crippen LogP contribution in [0.15, 0.2) is 36.4 Å². The number of methoxy groups -OCH3 is 1. The predicted octanol–water partition coefficient (Wildman–Crippen LogP) is 2.84. The molecule has 5 nitrogen and oxygen atoms in total. The average molecular weight is 344 g/mol. The molecule has 2 N–H and O–H groups in total. The quantitative estimate of drug-likeness (QED) is 0.820. The number of ether oxygens (including phenoxy) is 1. The molecule has 0 atom stereocenters. The Morgan fingerprint density at radius 2 is 1.84 bits per heavy atom. The van der Waals surface area contributed by atoms with Crippen molar-refractivity contribution in [2.75, 3.05) is 12.4 Å². The van der Waals surface area contributed by atoms with Gasteiger partial charge in [-0.05, 0) is 48.7 Å². The molecule has 0 aliphatic carbocycles. The number of anilines is 1. The van der Waals surface area contributed by atoms with Gasteiger partial charge in [-0.15, -0.1) is 0 Å². The fourth-order valence-electron chi connectivity index (χ4n) is 2.32. The average Bonchev–Trinajstić information content (AvgIpc) is 2.58. The zero-order valence-corrected chi connectivity index (χ0v) is 14.5. The van der Waals surface area contributed by atoms with Crippen molar-refractivity contribution in [3.8, 4) is 0 Å². The van der Waals surface area contributed by atoms with Crippen LogP contribution in [0.3, 0.4) is 0 Å². The van der Waals surface area contributed by atoms with Crippen LogP contribution in [-0.2, 0) is 27.5 Å². The zero-order chi connectivity index (χ0) is 18.4. The number of rotatable bonds is 5. The first kappa shape index (κ1) is 18.6. The highest BCUT2D eigenvalue weighted by molar-refractivity contribution is 6.39. The van der Waals surface area contributed by atoms with E-state index in [1.807, 2.05) is 26.0 Å². The highest BCUT2D eigenvalue weighted by Gasteiger charge is 2.15. The third-order valence-electron chi connectivity index (χ3n) is 3.71. The van der Waals surface area contributed by atoms with Crippen LogP contribution in [0.25, 0.3) is 0 Å². The molecule has 0 radical (unpaired) electrons. The number of carbonyl (C=O) groups is 2. The van der Waals surface area contributed by atoms with Crippen molar-refractivity contribution in [3.63, 3.8) is 0 Å². The van der Waals surface area contributed by atoms with Crippen LogP contribution in [0.4, 0.5) is 10.1 Å². The van der Waals surface area contributed by atoms with Crippen molar-refractivity contribution in [1.29, 1.82) is 0 Å². The Bertz CT molecular complexity index is 790. The monoisotopic (exact) mass is 344 g/mol. The summed E-state index contributed by atoms with van der Waals surface area (Å²) in [6, 6.07) is 10.1. The summed E-state index contributed by atoms with van der Waals surface area (Å²) in [6.07, 6.45) is 0. The molecule has 0 fully saturated rings. The molecule has 0 spiro atoms. The smallest absolute Gasteiger partial charge is 0.313 e. The molecule has 0 heterocycles. The first-order valence-corrected chi connectivity index (χ1v) is 7.83. The van der Waals surface area contributed by atoms with Crippen LogP contribution in [0, 0.1) is 19.7 Å². The zero-order valence-electron chi connectivity index (χ0n) is 14.5. The predicted molar refractivity (Wildman–Crippen MR) is 93.5 cm³/mol. The summed E-state index contributed by atoms with van der Waals surface area (Å²) in [5.41, 5.74) is 3.53. The van der Waals surface area contributed by atoms with Crippen LogP contribution in [0.2, 0.25) is 0 Å². The first-order chi connectivity index (χ1) is 11.9. The summed E-state index contributed by atoms with van der Waals surface area (Å²) in [5.74, 6) is -1.86. The number of carbonyl (C=O) groups excluding carboxylic acids is 2. The van der Waals surface area contributed by atoms with Gasteiger partial charge in [0, 0.05) is 24.9 Å². The number of hydrogen-bond donors (Lipinski definition) is 2. The summed E-state index contributed by atoms with van der Waals surface area (Å²) in [4.78, 5) is 24.0. The molecule has 25 heavy (non-hydrogen) atoms. The van der Waals surface area contributed by atoms with Gasteiger partial charge in [-0.2, -0.15) is 0 Å². The molecule has 6 heteroatoms. The minimum absolute atomic E-state index is 0.121. The van der Waals surface area contributed by atoms with E-state index in [1.165, 1.54) is 13.2 Å². The molecular weight excluding hydrogens is 323 g/mol. The van der Waals surface area contributed by atoms with E-state index in [-0.39, 0.29) is 19.0 Å². The lowest BCUT2D eigenvalue weighted by atomic mass is 10.1. The molecule has 2 rings (SSSR count). The Balaban J connectivity index is 1.96. The van der Waals surface area contributed by atoms with E-state index in [9.17, 15) is 14.0 Å². The van der Waals surface area contributed by atoms with E-state index < -0.39 is 11.8 Å². The van der Waals surface area contributed by atoms with Gasteiger partial charge < -0.3 is 15.4 Å². The lowest BCUT2D eigenvalue weighted by Crippen LogP contribution is -2.35. The van der Waals surface area contributed by atoms with Gasteiger partial charge in [0.05, 0.1) is 6.61 Å². The summed E-state index contributed by atoms with van der Waals surface area (Å²) in [7, 11) is 1.48. The summed E-state index contributed by atoms with van der Waals surface area (Å²) < 4.78 is 18.5. The van der Waals surface area contributed by atoms with Gasteiger partial charge in [0.1, 0.15) is 5.82 Å². The number of hydrogen-bond acceptors (Lipinski definition) is 3. The number of halogens is 1. The molecular formula is C19H21FN2O3. The lowest BCUT2D eigenvalue weighted by Gasteiger charge is -2.10. The van der Waals surface area contributed by atoms with E-state index in [1.54, 1.807) is 18.2 Å². The third kappa shape index (κ3) is 5.12.